The van der Waals surface area contributed by atoms with Crippen LogP contribution in [0.15, 0.2) is 83.5 Å². The first-order valence-electron chi connectivity index (χ1n) is 10.1. The lowest BCUT2D eigenvalue weighted by Gasteiger charge is -2.17. The summed E-state index contributed by atoms with van der Waals surface area (Å²) in [6.07, 6.45) is 0. The van der Waals surface area contributed by atoms with Gasteiger partial charge in [0.1, 0.15) is 16.5 Å². The molecule has 7 nitrogen and oxygen atoms in total. The number of nitrogens with one attached hydrogen (secondary N) is 2. The van der Waals surface area contributed by atoms with Gasteiger partial charge in [-0.05, 0) is 55.0 Å². The third-order valence-electron chi connectivity index (χ3n) is 5.13. The number of para-hydroxylation sites is 1. The zero-order valence-corrected chi connectivity index (χ0v) is 18.6. The molecule has 3 aromatic carbocycles. The van der Waals surface area contributed by atoms with Crippen molar-refractivity contribution < 1.29 is 19.1 Å². The molecular weight excluding hydrogens is 442 g/mol. The molecule has 0 aromatic heterocycles. The summed E-state index contributed by atoms with van der Waals surface area (Å²) in [6, 6.07) is 20.6. The molecule has 1 aliphatic heterocycles. The van der Waals surface area contributed by atoms with E-state index in [1.807, 2.05) is 19.1 Å². The van der Waals surface area contributed by atoms with E-state index in [1.165, 1.54) is 0 Å². The topological polar surface area (TPSA) is 87.7 Å². The Morgan fingerprint density at radius 3 is 2.33 bits per heavy atom. The van der Waals surface area contributed by atoms with Crippen LogP contribution in [0.1, 0.15) is 15.9 Å². The summed E-state index contributed by atoms with van der Waals surface area (Å²) >= 11 is 6.20. The summed E-state index contributed by atoms with van der Waals surface area (Å²) < 4.78 is 5.16. The second-order valence-electron chi connectivity index (χ2n) is 7.31. The first kappa shape index (κ1) is 22.1. The minimum atomic E-state index is -0.590. The number of amides is 3. The fourth-order valence-electron chi connectivity index (χ4n) is 3.40. The molecule has 8 heteroatoms. The third-order valence-corrected chi connectivity index (χ3v) is 5.48. The van der Waals surface area contributed by atoms with Crippen LogP contribution in [0.25, 0.3) is 0 Å². The van der Waals surface area contributed by atoms with Gasteiger partial charge in [-0.25, -0.2) is 4.90 Å². The van der Waals surface area contributed by atoms with Crippen LogP contribution in [0.3, 0.4) is 0 Å². The first-order chi connectivity index (χ1) is 15.9. The highest BCUT2D eigenvalue weighted by atomic mass is 35.5. The highest BCUT2D eigenvalue weighted by molar-refractivity contribution is 6.53. The van der Waals surface area contributed by atoms with E-state index in [4.69, 9.17) is 16.3 Å². The zero-order chi connectivity index (χ0) is 23.5. The number of hydrogen-bond donors (Lipinski definition) is 2. The molecule has 1 heterocycles. The predicted octanol–water partition coefficient (Wildman–Crippen LogP) is 4.69. The number of carbonyl (C=O) groups is 3. The van der Waals surface area contributed by atoms with Crippen LogP contribution in [-0.4, -0.2) is 24.8 Å². The van der Waals surface area contributed by atoms with E-state index in [0.717, 1.165) is 10.5 Å². The van der Waals surface area contributed by atoms with Gasteiger partial charge >= 0.3 is 0 Å². The molecule has 0 fully saturated rings. The minimum absolute atomic E-state index is 0.0153. The van der Waals surface area contributed by atoms with Gasteiger partial charge in [0.05, 0.1) is 12.8 Å². The molecule has 33 heavy (non-hydrogen) atoms. The third kappa shape index (κ3) is 4.44. The van der Waals surface area contributed by atoms with Crippen molar-refractivity contribution in [2.45, 2.75) is 6.92 Å². The van der Waals surface area contributed by atoms with Gasteiger partial charge in [0.2, 0.25) is 0 Å². The van der Waals surface area contributed by atoms with Crippen LogP contribution in [-0.2, 0) is 9.59 Å². The fourth-order valence-corrected chi connectivity index (χ4v) is 3.61. The Labute approximate surface area is 195 Å². The Hall–Kier alpha value is -4.10. The Balaban J connectivity index is 1.48. The molecule has 0 spiro atoms. The summed E-state index contributed by atoms with van der Waals surface area (Å²) in [7, 11) is 1.55. The van der Waals surface area contributed by atoms with E-state index >= 15 is 0 Å². The second kappa shape index (κ2) is 9.18. The number of rotatable bonds is 6. The number of carbonyl (C=O) groups excluding carboxylic acids is 3. The highest BCUT2D eigenvalue weighted by Gasteiger charge is 2.39. The Morgan fingerprint density at radius 2 is 1.64 bits per heavy atom. The molecule has 0 saturated heterocycles. The molecule has 3 amide bonds. The Morgan fingerprint density at radius 1 is 0.909 bits per heavy atom. The van der Waals surface area contributed by atoms with E-state index in [-0.39, 0.29) is 16.6 Å². The van der Waals surface area contributed by atoms with E-state index < -0.39 is 11.8 Å². The number of hydrogen-bond acceptors (Lipinski definition) is 5. The number of aryl methyl sites for hydroxylation is 1. The Kier molecular flexibility index (Phi) is 6.15. The van der Waals surface area contributed by atoms with Gasteiger partial charge in [0.15, 0.2) is 0 Å². The first-order valence-corrected chi connectivity index (χ1v) is 10.4. The van der Waals surface area contributed by atoms with Crippen molar-refractivity contribution in [3.8, 4) is 5.75 Å². The van der Waals surface area contributed by atoms with Crippen molar-refractivity contribution in [3.63, 3.8) is 0 Å². The van der Waals surface area contributed by atoms with Crippen LogP contribution in [0.4, 0.5) is 17.1 Å². The smallest absolute Gasteiger partial charge is 0.283 e. The number of methoxy groups -OCH3 is 1. The average molecular weight is 462 g/mol. The minimum Gasteiger partial charge on any atom is -0.497 e. The predicted molar refractivity (Wildman–Crippen MR) is 128 cm³/mol. The largest absolute Gasteiger partial charge is 0.497 e. The van der Waals surface area contributed by atoms with Gasteiger partial charge in [-0.1, -0.05) is 35.9 Å². The standard InChI is InChI=1S/C25H20ClN3O4/c1-15-6-3-4-9-20(15)29-24(31)21(26)22(25(29)32)27-17-12-10-16(11-13-17)23(30)28-18-7-5-8-19(14-18)33-2/h3-14,27H,1-2H3,(H,28,30). The van der Waals surface area contributed by atoms with Gasteiger partial charge in [-0.2, -0.15) is 0 Å². The van der Waals surface area contributed by atoms with Crippen molar-refractivity contribution in [2.75, 3.05) is 22.6 Å². The lowest BCUT2D eigenvalue weighted by molar-refractivity contribution is -0.120. The summed E-state index contributed by atoms with van der Waals surface area (Å²) in [5.74, 6) is -0.801. The van der Waals surface area contributed by atoms with E-state index in [1.54, 1.807) is 67.8 Å². The highest BCUT2D eigenvalue weighted by Crippen LogP contribution is 2.31. The SMILES string of the molecule is COc1cccc(NC(=O)c2ccc(NC3=C(Cl)C(=O)N(c4ccccc4C)C3=O)cc2)c1. The summed E-state index contributed by atoms with van der Waals surface area (Å²) in [4.78, 5) is 39.2. The van der Waals surface area contributed by atoms with E-state index in [2.05, 4.69) is 10.6 Å². The quantitative estimate of drug-likeness (QED) is 0.520. The molecule has 0 unspecified atom stereocenters. The van der Waals surface area contributed by atoms with Crippen LogP contribution in [0, 0.1) is 6.92 Å². The van der Waals surface area contributed by atoms with Gasteiger partial charge in [0.25, 0.3) is 17.7 Å². The van der Waals surface area contributed by atoms with Gasteiger partial charge in [-0.15, -0.1) is 0 Å². The monoisotopic (exact) mass is 461 g/mol. The molecule has 0 saturated carbocycles. The van der Waals surface area contributed by atoms with Crippen molar-refractivity contribution in [2.24, 2.45) is 0 Å². The lowest BCUT2D eigenvalue weighted by atomic mass is 10.1. The van der Waals surface area contributed by atoms with Crippen molar-refractivity contribution in [1.82, 2.24) is 0 Å². The van der Waals surface area contributed by atoms with E-state index in [9.17, 15) is 14.4 Å². The maximum atomic E-state index is 12.9. The van der Waals surface area contributed by atoms with Gasteiger partial charge in [0, 0.05) is 23.0 Å². The molecule has 1 aliphatic rings. The number of imide groups is 1. The lowest BCUT2D eigenvalue weighted by Crippen LogP contribution is -2.32. The normalized spacial score (nSPS) is 13.4. The number of nitrogens with zero attached hydrogens (tertiary/aromatic N) is 1. The average Bonchev–Trinajstić information content (AvgIpc) is 3.03. The van der Waals surface area contributed by atoms with E-state index in [0.29, 0.717) is 28.4 Å². The molecule has 0 aliphatic carbocycles. The summed E-state index contributed by atoms with van der Waals surface area (Å²) in [6.45, 7) is 1.81. The van der Waals surface area contributed by atoms with Crippen molar-refractivity contribution >= 4 is 46.4 Å². The molecule has 0 radical (unpaired) electrons. The Bertz CT molecular complexity index is 1280. The molecular formula is C25H20ClN3O4. The van der Waals surface area contributed by atoms with Crippen molar-refractivity contribution in [3.05, 3.63) is 94.7 Å². The molecule has 2 N–H and O–H groups in total. The van der Waals surface area contributed by atoms with Gasteiger partial charge < -0.3 is 15.4 Å². The fraction of sp³-hybridized carbons (Fsp3) is 0.0800. The maximum Gasteiger partial charge on any atom is 0.283 e. The molecule has 0 bridgehead atoms. The maximum absolute atomic E-state index is 12.9. The number of halogens is 1. The van der Waals surface area contributed by atoms with Crippen molar-refractivity contribution in [1.29, 1.82) is 0 Å². The molecule has 3 aromatic rings. The number of benzene rings is 3. The summed E-state index contributed by atoms with van der Waals surface area (Å²) in [5.41, 5.74) is 2.76. The second-order valence-corrected chi connectivity index (χ2v) is 7.69. The molecule has 166 valence electrons. The van der Waals surface area contributed by atoms with Crippen LogP contribution in [0.2, 0.25) is 0 Å². The van der Waals surface area contributed by atoms with Crippen LogP contribution in [0.5, 0.6) is 5.75 Å². The molecule has 4 rings (SSSR count). The van der Waals surface area contributed by atoms with Crippen LogP contribution < -0.4 is 20.3 Å². The van der Waals surface area contributed by atoms with Gasteiger partial charge in [-0.3, -0.25) is 14.4 Å². The zero-order valence-electron chi connectivity index (χ0n) is 17.9. The number of anilines is 3. The van der Waals surface area contributed by atoms with Crippen LogP contribution >= 0.6 is 11.6 Å². The summed E-state index contributed by atoms with van der Waals surface area (Å²) in [5, 5.41) is 5.52. The number of ether oxygens (including phenoxy) is 1. The molecule has 0 atom stereocenters.